The Morgan fingerprint density at radius 1 is 1.10 bits per heavy atom. The van der Waals surface area contributed by atoms with Crippen molar-refractivity contribution in [1.82, 2.24) is 4.98 Å². The minimum absolute atomic E-state index is 0.0698. The van der Waals surface area contributed by atoms with Gasteiger partial charge in [0.05, 0.1) is 23.0 Å². The zero-order valence-electron chi connectivity index (χ0n) is 17.1. The van der Waals surface area contributed by atoms with E-state index in [0.29, 0.717) is 13.0 Å². The highest BCUT2D eigenvalue weighted by atomic mass is 32.2. The maximum atomic E-state index is 13.1. The molecule has 0 saturated carbocycles. The van der Waals surface area contributed by atoms with Crippen LogP contribution in [-0.2, 0) is 17.1 Å². The lowest BCUT2D eigenvalue weighted by atomic mass is 10.1. The van der Waals surface area contributed by atoms with Crippen LogP contribution in [0.15, 0.2) is 65.3 Å². The molecule has 0 aliphatic rings. The third-order valence-corrected chi connectivity index (χ3v) is 7.15. The van der Waals surface area contributed by atoms with E-state index in [9.17, 15) is 4.79 Å². The smallest absolute Gasteiger partial charge is 0.230 e. The van der Waals surface area contributed by atoms with Crippen LogP contribution in [0.4, 0.5) is 5.13 Å². The first kappa shape index (κ1) is 20.7. The van der Waals surface area contributed by atoms with Crippen molar-refractivity contribution >= 4 is 44.4 Å². The molecule has 30 heavy (non-hydrogen) atoms. The van der Waals surface area contributed by atoms with Gasteiger partial charge in [0.1, 0.15) is 5.76 Å². The van der Waals surface area contributed by atoms with Crippen molar-refractivity contribution in [2.24, 2.45) is 0 Å². The van der Waals surface area contributed by atoms with E-state index in [4.69, 9.17) is 9.40 Å². The van der Waals surface area contributed by atoms with Crippen LogP contribution in [0, 0.1) is 13.8 Å². The van der Waals surface area contributed by atoms with Gasteiger partial charge in [-0.25, -0.2) is 4.98 Å². The molecule has 154 valence electrons. The number of carbonyl (C=O) groups excluding carboxylic acids is 1. The number of furan rings is 1. The number of anilines is 1. The molecule has 0 fully saturated rings. The molecule has 0 radical (unpaired) electrons. The van der Waals surface area contributed by atoms with E-state index in [1.165, 1.54) is 16.7 Å². The molecule has 2 aromatic heterocycles. The van der Waals surface area contributed by atoms with Crippen molar-refractivity contribution < 1.29 is 9.21 Å². The summed E-state index contributed by atoms with van der Waals surface area (Å²) in [7, 11) is 0. The molecule has 0 saturated heterocycles. The fourth-order valence-electron chi connectivity index (χ4n) is 3.21. The van der Waals surface area contributed by atoms with Gasteiger partial charge in [-0.2, -0.15) is 11.8 Å². The summed E-state index contributed by atoms with van der Waals surface area (Å²) in [5, 5.41) is 0.730. The highest BCUT2D eigenvalue weighted by molar-refractivity contribution is 7.98. The van der Waals surface area contributed by atoms with Gasteiger partial charge in [0, 0.05) is 17.9 Å². The summed E-state index contributed by atoms with van der Waals surface area (Å²) >= 11 is 3.34. The number of nitrogens with zero attached hydrogens (tertiary/aromatic N) is 2. The highest BCUT2D eigenvalue weighted by Gasteiger charge is 2.21. The van der Waals surface area contributed by atoms with Crippen LogP contribution in [0.25, 0.3) is 10.2 Å². The molecule has 0 unspecified atom stereocenters. The number of hydrogen-bond acceptors (Lipinski definition) is 5. The van der Waals surface area contributed by atoms with Crippen molar-refractivity contribution in [3.63, 3.8) is 0 Å². The van der Waals surface area contributed by atoms with E-state index >= 15 is 0 Å². The van der Waals surface area contributed by atoms with E-state index in [-0.39, 0.29) is 5.91 Å². The third-order valence-electron chi connectivity index (χ3n) is 5.07. The molecule has 0 atom stereocenters. The molecule has 6 heteroatoms. The Kier molecular flexibility index (Phi) is 6.55. The van der Waals surface area contributed by atoms with Gasteiger partial charge in [-0.3, -0.25) is 9.69 Å². The maximum absolute atomic E-state index is 13.1. The van der Waals surface area contributed by atoms with Gasteiger partial charge in [0.2, 0.25) is 5.91 Å². The Morgan fingerprint density at radius 3 is 2.70 bits per heavy atom. The standard InChI is InChI=1S/C24H24N2O2S2/c1-17-10-11-21-23(18(17)2)25-24(30-21)26(15-20-9-6-13-28-20)22(27)12-14-29-16-19-7-4-3-5-8-19/h3-11,13H,12,14-16H2,1-2H3. The average molecular weight is 437 g/mol. The molecular formula is C24H24N2O2S2. The lowest BCUT2D eigenvalue weighted by Crippen LogP contribution is -2.30. The number of aryl methyl sites for hydroxylation is 2. The van der Waals surface area contributed by atoms with Crippen LogP contribution in [0.1, 0.15) is 28.9 Å². The lowest BCUT2D eigenvalue weighted by molar-refractivity contribution is -0.118. The molecule has 0 aliphatic heterocycles. The minimum atomic E-state index is 0.0698. The van der Waals surface area contributed by atoms with E-state index in [1.807, 2.05) is 30.3 Å². The summed E-state index contributed by atoms with van der Waals surface area (Å²) in [5.74, 6) is 2.50. The fourth-order valence-corrected chi connectivity index (χ4v) is 5.14. The summed E-state index contributed by atoms with van der Waals surface area (Å²) in [5.41, 5.74) is 4.63. The molecule has 4 aromatic rings. The Balaban J connectivity index is 1.49. The molecule has 0 bridgehead atoms. The van der Waals surface area contributed by atoms with Gasteiger partial charge in [-0.1, -0.05) is 47.7 Å². The first-order chi connectivity index (χ1) is 14.6. The van der Waals surface area contributed by atoms with Crippen molar-refractivity contribution in [3.05, 3.63) is 83.3 Å². The first-order valence-corrected chi connectivity index (χ1v) is 11.9. The number of amides is 1. The number of hydrogen-bond donors (Lipinski definition) is 0. The summed E-state index contributed by atoms with van der Waals surface area (Å²) in [4.78, 5) is 19.7. The molecule has 0 aliphatic carbocycles. The monoisotopic (exact) mass is 436 g/mol. The van der Waals surface area contributed by atoms with Crippen LogP contribution >= 0.6 is 23.1 Å². The van der Waals surface area contributed by atoms with Crippen LogP contribution in [-0.4, -0.2) is 16.6 Å². The molecule has 2 heterocycles. The molecule has 1 amide bonds. The number of aromatic nitrogens is 1. The molecule has 0 spiro atoms. The van der Waals surface area contributed by atoms with Crippen LogP contribution in [0.2, 0.25) is 0 Å². The van der Waals surface area contributed by atoms with Crippen molar-refractivity contribution in [1.29, 1.82) is 0 Å². The van der Waals surface area contributed by atoms with Crippen LogP contribution in [0.5, 0.6) is 0 Å². The van der Waals surface area contributed by atoms with Gasteiger partial charge in [0.25, 0.3) is 0 Å². The Labute approximate surface area is 184 Å². The normalized spacial score (nSPS) is 11.1. The van der Waals surface area contributed by atoms with E-state index < -0.39 is 0 Å². The number of fused-ring (bicyclic) bond motifs is 1. The van der Waals surface area contributed by atoms with Gasteiger partial charge in [-0.15, -0.1) is 0 Å². The van der Waals surface area contributed by atoms with Gasteiger partial charge in [0.15, 0.2) is 5.13 Å². The predicted octanol–water partition coefficient (Wildman–Crippen LogP) is 6.36. The third kappa shape index (κ3) is 4.77. The SMILES string of the molecule is Cc1ccc2sc(N(Cc3ccco3)C(=O)CCSCc3ccccc3)nc2c1C. The molecule has 2 aromatic carbocycles. The van der Waals surface area contributed by atoms with E-state index in [1.54, 1.807) is 34.3 Å². The predicted molar refractivity (Wildman–Crippen MR) is 126 cm³/mol. The molecule has 4 nitrogen and oxygen atoms in total. The Hall–Kier alpha value is -2.57. The number of carbonyl (C=O) groups is 1. The van der Waals surface area contributed by atoms with E-state index in [0.717, 1.165) is 32.6 Å². The second-order valence-corrected chi connectivity index (χ2v) is 9.31. The van der Waals surface area contributed by atoms with Crippen molar-refractivity contribution in [3.8, 4) is 0 Å². The summed E-state index contributed by atoms with van der Waals surface area (Å²) in [6.07, 6.45) is 2.10. The largest absolute Gasteiger partial charge is 0.467 e. The minimum Gasteiger partial charge on any atom is -0.467 e. The van der Waals surface area contributed by atoms with E-state index in [2.05, 4.69) is 38.1 Å². The number of rotatable bonds is 8. The fraction of sp³-hybridized carbons (Fsp3) is 0.250. The first-order valence-electron chi connectivity index (χ1n) is 9.93. The zero-order valence-corrected chi connectivity index (χ0v) is 18.8. The highest BCUT2D eigenvalue weighted by Crippen LogP contribution is 2.33. The van der Waals surface area contributed by atoms with Crippen LogP contribution < -0.4 is 4.90 Å². The number of thioether (sulfide) groups is 1. The maximum Gasteiger partial charge on any atom is 0.230 e. The molecular weight excluding hydrogens is 412 g/mol. The van der Waals surface area contributed by atoms with Gasteiger partial charge in [-0.05, 0) is 48.7 Å². The van der Waals surface area contributed by atoms with Gasteiger partial charge >= 0.3 is 0 Å². The van der Waals surface area contributed by atoms with Crippen molar-refractivity contribution in [2.75, 3.05) is 10.7 Å². The molecule has 4 rings (SSSR count). The number of benzene rings is 2. The second-order valence-electron chi connectivity index (χ2n) is 7.20. The number of thiazole rings is 1. The zero-order chi connectivity index (χ0) is 20.9. The Morgan fingerprint density at radius 2 is 1.93 bits per heavy atom. The average Bonchev–Trinajstić information content (AvgIpc) is 3.43. The topological polar surface area (TPSA) is 46.3 Å². The summed E-state index contributed by atoms with van der Waals surface area (Å²) in [6, 6.07) is 18.3. The second kappa shape index (κ2) is 9.49. The summed E-state index contributed by atoms with van der Waals surface area (Å²) < 4.78 is 6.61. The Bertz CT molecular complexity index is 1120. The lowest BCUT2D eigenvalue weighted by Gasteiger charge is -2.18. The van der Waals surface area contributed by atoms with Gasteiger partial charge < -0.3 is 4.42 Å². The van der Waals surface area contributed by atoms with Crippen LogP contribution in [0.3, 0.4) is 0 Å². The molecule has 0 N–H and O–H groups in total. The quantitative estimate of drug-likeness (QED) is 0.301. The summed E-state index contributed by atoms with van der Waals surface area (Å²) in [6.45, 7) is 4.57. The van der Waals surface area contributed by atoms with Crippen molar-refractivity contribution in [2.45, 2.75) is 32.6 Å².